The third-order valence-corrected chi connectivity index (χ3v) is 2.15. The minimum Gasteiger partial charge on any atom is -0.372 e. The molecule has 1 saturated heterocycles. The monoisotopic (exact) mass is 208 g/mol. The quantitative estimate of drug-likeness (QED) is 0.525. The topological polar surface area (TPSA) is 64.6 Å². The van der Waals surface area contributed by atoms with Gasteiger partial charge in [0, 0.05) is 12.6 Å². The molecule has 1 fully saturated rings. The van der Waals surface area contributed by atoms with E-state index in [1.165, 1.54) is 12.8 Å². The lowest BCUT2D eigenvalue weighted by atomic mass is 10.1. The van der Waals surface area contributed by atoms with E-state index >= 15 is 0 Å². The minimum atomic E-state index is 0.231. The molecule has 0 radical (unpaired) electrons. The van der Waals surface area contributed by atoms with Crippen LogP contribution in [0.3, 0.4) is 0 Å². The van der Waals surface area contributed by atoms with Crippen molar-refractivity contribution in [1.82, 2.24) is 0 Å². The second-order valence-electron chi connectivity index (χ2n) is 3.25. The number of halogens is 1. The average Bonchev–Trinajstić information content (AvgIpc) is 2.98. The zero-order chi connectivity index (χ0) is 10.1. The Morgan fingerprint density at radius 3 is 2.46 bits per heavy atom. The minimum absolute atomic E-state index is 0.231. The summed E-state index contributed by atoms with van der Waals surface area (Å²) in [6.07, 6.45) is 3.90. The molecule has 4 heteroatoms. The SMILES string of the molecule is CCCCC(N)CN.ClCC1CO1. The molecule has 80 valence electrons. The van der Waals surface area contributed by atoms with Gasteiger partial charge in [0.15, 0.2) is 0 Å². The summed E-state index contributed by atoms with van der Waals surface area (Å²) >= 11 is 5.27. The molecule has 0 aliphatic carbocycles. The predicted molar refractivity (Wildman–Crippen MR) is 57.0 cm³/mol. The highest BCUT2D eigenvalue weighted by Gasteiger charge is 2.19. The first-order valence-electron chi connectivity index (χ1n) is 4.87. The van der Waals surface area contributed by atoms with Crippen LogP contribution in [0.15, 0.2) is 0 Å². The van der Waals surface area contributed by atoms with Crippen LogP contribution in [0.1, 0.15) is 26.2 Å². The zero-order valence-corrected chi connectivity index (χ0v) is 9.09. The molecule has 2 unspecified atom stereocenters. The molecule has 4 N–H and O–H groups in total. The molecule has 0 aromatic rings. The van der Waals surface area contributed by atoms with Gasteiger partial charge in [0.25, 0.3) is 0 Å². The van der Waals surface area contributed by atoms with Crippen molar-refractivity contribution >= 4 is 11.6 Å². The number of hydrogen-bond donors (Lipinski definition) is 2. The first-order valence-corrected chi connectivity index (χ1v) is 5.41. The Morgan fingerprint density at radius 2 is 2.23 bits per heavy atom. The van der Waals surface area contributed by atoms with Crippen molar-refractivity contribution in [3.8, 4) is 0 Å². The molecule has 1 heterocycles. The number of rotatable bonds is 5. The van der Waals surface area contributed by atoms with Crippen molar-refractivity contribution in [1.29, 1.82) is 0 Å². The maximum Gasteiger partial charge on any atom is 0.0944 e. The van der Waals surface area contributed by atoms with Crippen LogP contribution in [0.4, 0.5) is 0 Å². The fraction of sp³-hybridized carbons (Fsp3) is 1.00. The third-order valence-electron chi connectivity index (χ3n) is 1.81. The Labute approximate surface area is 85.8 Å². The molecule has 0 spiro atoms. The molecule has 13 heavy (non-hydrogen) atoms. The lowest BCUT2D eigenvalue weighted by Crippen LogP contribution is -2.29. The van der Waals surface area contributed by atoms with Crippen LogP contribution in [0.5, 0.6) is 0 Å². The zero-order valence-electron chi connectivity index (χ0n) is 8.34. The van der Waals surface area contributed by atoms with E-state index in [9.17, 15) is 0 Å². The standard InChI is InChI=1S/C6H16N2.C3H5ClO/c1-2-3-4-6(8)5-7;4-1-3-2-5-3/h6H,2-5,7-8H2,1H3;3H,1-2H2. The van der Waals surface area contributed by atoms with Gasteiger partial charge in [0.2, 0.25) is 0 Å². The average molecular weight is 209 g/mol. The first kappa shape index (κ1) is 13.2. The number of epoxide rings is 1. The third kappa shape index (κ3) is 10.1. The molecule has 0 saturated carbocycles. The lowest BCUT2D eigenvalue weighted by molar-refractivity contribution is 0.425. The highest BCUT2D eigenvalue weighted by molar-refractivity contribution is 6.18. The van der Waals surface area contributed by atoms with Gasteiger partial charge in [0.1, 0.15) is 0 Å². The number of ether oxygens (including phenoxy) is 1. The van der Waals surface area contributed by atoms with E-state index in [1.807, 2.05) is 0 Å². The van der Waals surface area contributed by atoms with Crippen LogP contribution in [0.25, 0.3) is 0 Å². The Bertz CT molecular complexity index is 110. The van der Waals surface area contributed by atoms with Gasteiger partial charge >= 0.3 is 0 Å². The van der Waals surface area contributed by atoms with E-state index in [-0.39, 0.29) is 6.04 Å². The van der Waals surface area contributed by atoms with Gasteiger partial charge in [-0.25, -0.2) is 0 Å². The van der Waals surface area contributed by atoms with Crippen LogP contribution in [0.2, 0.25) is 0 Å². The molecule has 0 bridgehead atoms. The van der Waals surface area contributed by atoms with Gasteiger partial charge in [-0.15, -0.1) is 11.6 Å². The first-order chi connectivity index (χ1) is 6.24. The second kappa shape index (κ2) is 8.75. The summed E-state index contributed by atoms with van der Waals surface area (Å²) in [6.45, 7) is 3.66. The molecule has 0 aromatic carbocycles. The van der Waals surface area contributed by atoms with E-state index in [0.29, 0.717) is 18.5 Å². The molecule has 1 aliphatic rings. The van der Waals surface area contributed by atoms with E-state index in [0.717, 1.165) is 13.0 Å². The Morgan fingerprint density at radius 1 is 1.62 bits per heavy atom. The number of hydrogen-bond acceptors (Lipinski definition) is 3. The Balaban J connectivity index is 0.000000243. The molecular weight excluding hydrogens is 188 g/mol. The Kier molecular flexibility index (Phi) is 8.87. The summed E-state index contributed by atoms with van der Waals surface area (Å²) in [4.78, 5) is 0. The van der Waals surface area contributed by atoms with Crippen LogP contribution >= 0.6 is 11.6 Å². The summed E-state index contributed by atoms with van der Waals surface area (Å²) in [5.41, 5.74) is 10.8. The van der Waals surface area contributed by atoms with Crippen LogP contribution in [-0.2, 0) is 4.74 Å². The van der Waals surface area contributed by atoms with Crippen molar-refractivity contribution in [2.24, 2.45) is 11.5 Å². The van der Waals surface area contributed by atoms with E-state index in [1.54, 1.807) is 0 Å². The maximum atomic E-state index is 5.53. The van der Waals surface area contributed by atoms with E-state index in [2.05, 4.69) is 6.92 Å². The summed E-state index contributed by atoms with van der Waals surface area (Å²) in [5, 5.41) is 0. The molecule has 0 amide bonds. The molecule has 2 atom stereocenters. The largest absolute Gasteiger partial charge is 0.372 e. The smallest absolute Gasteiger partial charge is 0.0944 e. The van der Waals surface area contributed by atoms with Crippen molar-refractivity contribution in [3.05, 3.63) is 0 Å². The molecule has 1 rings (SSSR count). The van der Waals surface area contributed by atoms with Gasteiger partial charge < -0.3 is 16.2 Å². The highest BCUT2D eigenvalue weighted by atomic mass is 35.5. The van der Waals surface area contributed by atoms with Crippen molar-refractivity contribution < 1.29 is 4.74 Å². The van der Waals surface area contributed by atoms with Crippen molar-refractivity contribution in [3.63, 3.8) is 0 Å². The summed E-state index contributed by atoms with van der Waals surface area (Å²) in [7, 11) is 0. The van der Waals surface area contributed by atoms with Crippen molar-refractivity contribution in [2.75, 3.05) is 19.0 Å². The van der Waals surface area contributed by atoms with Gasteiger partial charge in [-0.1, -0.05) is 19.8 Å². The Hall–Kier alpha value is 0.170. The van der Waals surface area contributed by atoms with Crippen LogP contribution in [-0.4, -0.2) is 31.2 Å². The maximum absolute atomic E-state index is 5.53. The van der Waals surface area contributed by atoms with Crippen LogP contribution < -0.4 is 11.5 Å². The van der Waals surface area contributed by atoms with Crippen molar-refractivity contribution in [2.45, 2.75) is 38.3 Å². The second-order valence-corrected chi connectivity index (χ2v) is 3.56. The van der Waals surface area contributed by atoms with Gasteiger partial charge in [0.05, 0.1) is 18.6 Å². The van der Waals surface area contributed by atoms with Gasteiger partial charge in [-0.05, 0) is 6.42 Å². The van der Waals surface area contributed by atoms with E-state index in [4.69, 9.17) is 27.8 Å². The predicted octanol–water partition coefficient (Wildman–Crippen LogP) is 1.09. The fourth-order valence-electron chi connectivity index (χ4n) is 0.741. The molecule has 1 aliphatic heterocycles. The van der Waals surface area contributed by atoms with Gasteiger partial charge in [-0.2, -0.15) is 0 Å². The number of alkyl halides is 1. The fourth-order valence-corrected chi connectivity index (χ4v) is 0.919. The number of nitrogens with two attached hydrogens (primary N) is 2. The number of unbranched alkanes of at least 4 members (excludes halogenated alkanes) is 1. The normalized spacial score (nSPS) is 21.7. The summed E-state index contributed by atoms with van der Waals surface area (Å²) < 4.78 is 4.73. The highest BCUT2D eigenvalue weighted by Crippen LogP contribution is 2.08. The lowest BCUT2D eigenvalue weighted by Gasteiger charge is -2.04. The summed E-state index contributed by atoms with van der Waals surface area (Å²) in [5.74, 6) is 0.667. The van der Waals surface area contributed by atoms with E-state index < -0.39 is 0 Å². The van der Waals surface area contributed by atoms with Crippen LogP contribution in [0, 0.1) is 0 Å². The molecule has 0 aromatic heterocycles. The molecular formula is C9H21ClN2O. The summed E-state index contributed by atoms with van der Waals surface area (Å²) in [6, 6.07) is 0.231. The van der Waals surface area contributed by atoms with Gasteiger partial charge in [-0.3, -0.25) is 0 Å². The molecule has 3 nitrogen and oxygen atoms in total.